The number of piperidine rings is 1. The van der Waals surface area contributed by atoms with Crippen molar-refractivity contribution >= 4 is 34.3 Å². The van der Waals surface area contributed by atoms with Crippen LogP contribution in [0.5, 0.6) is 0 Å². The smallest absolute Gasteiger partial charge is 0.211 e. The highest BCUT2D eigenvalue weighted by atomic mass is 35.5. The molecule has 0 aromatic heterocycles. The third-order valence-corrected chi connectivity index (χ3v) is 5.23. The molecular weight excluding hydrogens is 292 g/mol. The SMILES string of the molecule is CC(C)(S)N1CCC(NS(=O)(=O)CCCCl)CC1. The Morgan fingerprint density at radius 1 is 1.39 bits per heavy atom. The Bertz CT molecular complexity index is 347. The summed E-state index contributed by atoms with van der Waals surface area (Å²) < 4.78 is 26.2. The topological polar surface area (TPSA) is 49.4 Å². The van der Waals surface area contributed by atoms with Crippen molar-refractivity contribution < 1.29 is 8.42 Å². The first-order valence-electron chi connectivity index (χ1n) is 6.28. The van der Waals surface area contributed by atoms with Gasteiger partial charge < -0.3 is 0 Å². The van der Waals surface area contributed by atoms with E-state index in [0.717, 1.165) is 25.9 Å². The lowest BCUT2D eigenvalue weighted by atomic mass is 10.0. The summed E-state index contributed by atoms with van der Waals surface area (Å²) in [5.74, 6) is 0.502. The van der Waals surface area contributed by atoms with Crippen LogP contribution in [-0.2, 0) is 10.0 Å². The first kappa shape index (κ1) is 16.6. The largest absolute Gasteiger partial charge is 0.289 e. The lowest BCUT2D eigenvalue weighted by Crippen LogP contribution is -2.50. The van der Waals surface area contributed by atoms with Gasteiger partial charge in [0.25, 0.3) is 0 Å². The van der Waals surface area contributed by atoms with E-state index in [0.29, 0.717) is 12.3 Å². The molecule has 0 aliphatic carbocycles. The zero-order valence-corrected chi connectivity index (χ0v) is 13.5. The van der Waals surface area contributed by atoms with Gasteiger partial charge in [0, 0.05) is 25.0 Å². The highest BCUT2D eigenvalue weighted by Gasteiger charge is 2.29. The molecule has 0 saturated carbocycles. The molecule has 1 fully saturated rings. The molecule has 0 unspecified atom stereocenters. The van der Waals surface area contributed by atoms with E-state index in [2.05, 4.69) is 36.1 Å². The molecule has 0 aromatic carbocycles. The standard InChI is InChI=1S/C11H23ClN2O2S2/c1-11(2,17)14-7-4-10(5-8-14)13-18(15,16)9-3-6-12/h10,13,17H,3-9H2,1-2H3. The van der Waals surface area contributed by atoms with Crippen LogP contribution in [0.2, 0.25) is 0 Å². The van der Waals surface area contributed by atoms with Gasteiger partial charge in [-0.25, -0.2) is 13.1 Å². The average molecular weight is 315 g/mol. The van der Waals surface area contributed by atoms with Crippen LogP contribution in [-0.4, -0.2) is 49.0 Å². The van der Waals surface area contributed by atoms with E-state index in [1.165, 1.54) is 0 Å². The third kappa shape index (κ3) is 5.65. The van der Waals surface area contributed by atoms with Crippen LogP contribution in [0.3, 0.4) is 0 Å². The second kappa shape index (κ2) is 6.79. The summed E-state index contributed by atoms with van der Waals surface area (Å²) in [6, 6.07) is 0.0530. The molecule has 7 heteroatoms. The Morgan fingerprint density at radius 2 is 1.94 bits per heavy atom. The Balaban J connectivity index is 2.40. The Kier molecular flexibility index (Phi) is 6.25. The van der Waals surface area contributed by atoms with Gasteiger partial charge in [-0.05, 0) is 33.1 Å². The van der Waals surface area contributed by atoms with E-state index in [9.17, 15) is 8.42 Å². The number of halogens is 1. The normalized spacial score (nSPS) is 20.2. The number of hydrogen-bond acceptors (Lipinski definition) is 4. The van der Waals surface area contributed by atoms with Gasteiger partial charge >= 0.3 is 0 Å². The third-order valence-electron chi connectivity index (χ3n) is 3.16. The lowest BCUT2D eigenvalue weighted by Gasteiger charge is -2.40. The van der Waals surface area contributed by atoms with Crippen LogP contribution in [0.25, 0.3) is 0 Å². The van der Waals surface area contributed by atoms with Gasteiger partial charge in [-0.1, -0.05) is 0 Å². The Hall–Kier alpha value is 0.510. The number of hydrogen-bond donors (Lipinski definition) is 2. The fourth-order valence-electron chi connectivity index (χ4n) is 2.10. The lowest BCUT2D eigenvalue weighted by molar-refractivity contribution is 0.149. The van der Waals surface area contributed by atoms with Crippen LogP contribution < -0.4 is 4.72 Å². The number of nitrogens with one attached hydrogen (secondary N) is 1. The van der Waals surface area contributed by atoms with Crippen molar-refractivity contribution in [2.24, 2.45) is 0 Å². The molecule has 1 N–H and O–H groups in total. The summed E-state index contributed by atoms with van der Waals surface area (Å²) in [5, 5.41) is 0. The molecule has 4 nitrogen and oxygen atoms in total. The highest BCUT2D eigenvalue weighted by molar-refractivity contribution is 7.89. The number of thiol groups is 1. The molecular formula is C11H23ClN2O2S2. The molecule has 18 heavy (non-hydrogen) atoms. The van der Waals surface area contributed by atoms with Crippen molar-refractivity contribution in [3.63, 3.8) is 0 Å². The van der Waals surface area contributed by atoms with Gasteiger partial charge in [-0.15, -0.1) is 11.6 Å². The molecule has 0 atom stereocenters. The highest BCUT2D eigenvalue weighted by Crippen LogP contribution is 2.23. The van der Waals surface area contributed by atoms with Crippen LogP contribution in [0.1, 0.15) is 33.1 Å². The second-order valence-electron chi connectivity index (χ2n) is 5.24. The van der Waals surface area contributed by atoms with E-state index in [-0.39, 0.29) is 16.7 Å². The van der Waals surface area contributed by atoms with Gasteiger partial charge in [0.15, 0.2) is 0 Å². The number of rotatable bonds is 6. The number of nitrogens with zero attached hydrogens (tertiary/aromatic N) is 1. The molecule has 1 aliphatic rings. The molecule has 108 valence electrons. The predicted molar refractivity (Wildman–Crippen MR) is 79.9 cm³/mol. The minimum atomic E-state index is -3.17. The van der Waals surface area contributed by atoms with Crippen molar-refractivity contribution in [1.29, 1.82) is 0 Å². The van der Waals surface area contributed by atoms with Gasteiger partial charge in [0.1, 0.15) is 0 Å². The number of likely N-dealkylation sites (tertiary alicyclic amines) is 1. The fraction of sp³-hybridized carbons (Fsp3) is 1.00. The molecule has 1 saturated heterocycles. The zero-order valence-electron chi connectivity index (χ0n) is 11.0. The van der Waals surface area contributed by atoms with Crippen molar-refractivity contribution in [2.75, 3.05) is 24.7 Å². The molecule has 1 heterocycles. The molecule has 1 rings (SSSR count). The van der Waals surface area contributed by atoms with Crippen molar-refractivity contribution in [3.05, 3.63) is 0 Å². The molecule has 0 amide bonds. The minimum Gasteiger partial charge on any atom is -0.289 e. The quantitative estimate of drug-likeness (QED) is 0.579. The van der Waals surface area contributed by atoms with Gasteiger partial charge in [0.2, 0.25) is 10.0 Å². The molecule has 0 bridgehead atoms. The maximum atomic E-state index is 11.7. The van der Waals surface area contributed by atoms with E-state index in [4.69, 9.17) is 11.6 Å². The summed E-state index contributed by atoms with van der Waals surface area (Å²) in [4.78, 5) is 2.13. The van der Waals surface area contributed by atoms with Crippen LogP contribution in [0.4, 0.5) is 0 Å². The summed E-state index contributed by atoms with van der Waals surface area (Å²) in [6.07, 6.45) is 2.17. The summed E-state index contributed by atoms with van der Waals surface area (Å²) in [6.45, 7) is 5.86. The van der Waals surface area contributed by atoms with E-state index in [1.807, 2.05) is 0 Å². The Labute approximate surface area is 121 Å². The van der Waals surface area contributed by atoms with Crippen LogP contribution >= 0.6 is 24.2 Å². The van der Waals surface area contributed by atoms with E-state index < -0.39 is 10.0 Å². The van der Waals surface area contributed by atoms with Crippen molar-refractivity contribution in [1.82, 2.24) is 9.62 Å². The maximum Gasteiger partial charge on any atom is 0.211 e. The second-order valence-corrected chi connectivity index (χ2v) is 8.58. The predicted octanol–water partition coefficient (Wildman–Crippen LogP) is 1.67. The zero-order chi connectivity index (χ0) is 13.8. The van der Waals surface area contributed by atoms with Gasteiger partial charge in [-0.2, -0.15) is 12.6 Å². The van der Waals surface area contributed by atoms with Crippen molar-refractivity contribution in [2.45, 2.75) is 44.0 Å². The minimum absolute atomic E-state index is 0.0530. The van der Waals surface area contributed by atoms with Crippen molar-refractivity contribution in [3.8, 4) is 0 Å². The summed E-state index contributed by atoms with van der Waals surface area (Å²) >= 11 is 10.0. The first-order chi connectivity index (χ1) is 8.24. The number of sulfonamides is 1. The average Bonchev–Trinajstić information content (AvgIpc) is 2.25. The number of alkyl halides is 1. The maximum absolute atomic E-state index is 11.7. The molecule has 0 aromatic rings. The fourth-order valence-corrected chi connectivity index (χ4v) is 3.98. The van der Waals surface area contributed by atoms with Crippen LogP contribution in [0, 0.1) is 0 Å². The summed E-state index contributed by atoms with van der Waals surface area (Å²) in [7, 11) is -3.17. The summed E-state index contributed by atoms with van der Waals surface area (Å²) in [5.41, 5.74) is 0. The van der Waals surface area contributed by atoms with Crippen LogP contribution in [0.15, 0.2) is 0 Å². The Morgan fingerprint density at radius 3 is 2.39 bits per heavy atom. The monoisotopic (exact) mass is 314 g/mol. The van der Waals surface area contributed by atoms with E-state index >= 15 is 0 Å². The van der Waals surface area contributed by atoms with Gasteiger partial charge in [-0.3, -0.25) is 4.90 Å². The first-order valence-corrected chi connectivity index (χ1v) is 8.91. The van der Waals surface area contributed by atoms with E-state index in [1.54, 1.807) is 0 Å². The van der Waals surface area contributed by atoms with Gasteiger partial charge in [0.05, 0.1) is 10.6 Å². The molecule has 0 radical (unpaired) electrons. The molecule has 0 spiro atoms. The molecule has 1 aliphatic heterocycles.